The second kappa shape index (κ2) is 5.22. The fourth-order valence-corrected chi connectivity index (χ4v) is 2.58. The predicted molar refractivity (Wildman–Crippen MR) is 76.8 cm³/mol. The summed E-state index contributed by atoms with van der Waals surface area (Å²) in [6.45, 7) is 2.24. The van der Waals surface area contributed by atoms with Crippen LogP contribution >= 0.6 is 0 Å². The van der Waals surface area contributed by atoms with Crippen molar-refractivity contribution in [3.63, 3.8) is 0 Å². The molecule has 2 aromatic rings. The average molecular weight is 295 g/mol. The minimum absolute atomic E-state index is 0.216. The molecule has 2 N–H and O–H groups in total. The first kappa shape index (κ1) is 14.5. The molecule has 0 aliphatic heterocycles. The maximum atomic E-state index is 11.4. The number of benzene rings is 1. The highest BCUT2D eigenvalue weighted by Gasteiger charge is 2.20. The molecule has 0 atom stereocenters. The van der Waals surface area contributed by atoms with E-state index < -0.39 is 10.0 Å². The van der Waals surface area contributed by atoms with Gasteiger partial charge in [-0.2, -0.15) is 0 Å². The number of anilines is 1. The van der Waals surface area contributed by atoms with Gasteiger partial charge in [-0.05, 0) is 31.2 Å². The highest BCUT2D eigenvalue weighted by atomic mass is 32.2. The van der Waals surface area contributed by atoms with Gasteiger partial charge in [-0.3, -0.25) is 4.57 Å². The molecule has 0 fully saturated rings. The molecule has 7 nitrogen and oxygen atoms in total. The van der Waals surface area contributed by atoms with Crippen LogP contribution in [0.3, 0.4) is 0 Å². The van der Waals surface area contributed by atoms with Crippen molar-refractivity contribution in [2.24, 2.45) is 5.14 Å². The van der Waals surface area contributed by atoms with Crippen molar-refractivity contribution < 1.29 is 8.42 Å². The summed E-state index contributed by atoms with van der Waals surface area (Å²) in [6.07, 6.45) is 0. The van der Waals surface area contributed by atoms with E-state index in [0.29, 0.717) is 12.4 Å². The normalized spacial score (nSPS) is 11.6. The Morgan fingerprint density at radius 2 is 1.80 bits per heavy atom. The zero-order valence-electron chi connectivity index (χ0n) is 11.6. The van der Waals surface area contributed by atoms with Gasteiger partial charge in [0.15, 0.2) is 5.82 Å². The van der Waals surface area contributed by atoms with Gasteiger partial charge in [0, 0.05) is 31.9 Å². The molecule has 0 spiro atoms. The molecule has 0 aliphatic carbocycles. The zero-order chi connectivity index (χ0) is 14.9. The van der Waals surface area contributed by atoms with E-state index in [-0.39, 0.29) is 5.16 Å². The molecule has 0 aliphatic rings. The molecule has 1 aromatic heterocycles. The van der Waals surface area contributed by atoms with Gasteiger partial charge in [-0.15, -0.1) is 10.2 Å². The molecule has 0 unspecified atom stereocenters. The summed E-state index contributed by atoms with van der Waals surface area (Å²) in [5.74, 6) is 0.488. The van der Waals surface area contributed by atoms with Gasteiger partial charge in [-0.25, -0.2) is 13.6 Å². The summed E-state index contributed by atoms with van der Waals surface area (Å²) in [6, 6.07) is 7.61. The smallest absolute Gasteiger partial charge is 0.273 e. The van der Waals surface area contributed by atoms with Crippen LogP contribution in [0.15, 0.2) is 29.4 Å². The monoisotopic (exact) mass is 295 g/mol. The van der Waals surface area contributed by atoms with Crippen LogP contribution in [-0.4, -0.2) is 37.3 Å². The Bertz CT molecular complexity index is 704. The van der Waals surface area contributed by atoms with Crippen molar-refractivity contribution >= 4 is 15.7 Å². The van der Waals surface area contributed by atoms with E-state index in [1.807, 2.05) is 50.2 Å². The minimum atomic E-state index is -3.87. The third-order valence-corrected chi connectivity index (χ3v) is 3.74. The summed E-state index contributed by atoms with van der Waals surface area (Å²) in [5.41, 5.74) is 1.84. The number of hydrogen-bond acceptors (Lipinski definition) is 5. The van der Waals surface area contributed by atoms with Crippen molar-refractivity contribution in [3.8, 4) is 11.4 Å². The molecule has 0 saturated carbocycles. The topological polar surface area (TPSA) is 94.1 Å². The molecule has 0 saturated heterocycles. The van der Waals surface area contributed by atoms with Crippen LogP contribution in [-0.2, 0) is 16.6 Å². The fraction of sp³-hybridized carbons (Fsp3) is 0.333. The number of primary sulfonamides is 1. The summed E-state index contributed by atoms with van der Waals surface area (Å²) >= 11 is 0. The molecule has 2 rings (SSSR count). The lowest BCUT2D eigenvalue weighted by molar-refractivity contribution is 0.571. The van der Waals surface area contributed by atoms with E-state index in [2.05, 4.69) is 10.2 Å². The first-order chi connectivity index (χ1) is 9.34. The van der Waals surface area contributed by atoms with E-state index in [0.717, 1.165) is 11.3 Å². The lowest BCUT2D eigenvalue weighted by atomic mass is 10.2. The van der Waals surface area contributed by atoms with Crippen LogP contribution in [0.4, 0.5) is 5.69 Å². The van der Waals surface area contributed by atoms with Gasteiger partial charge >= 0.3 is 0 Å². The second-order valence-corrected chi connectivity index (χ2v) is 5.99. The molecule has 1 aromatic carbocycles. The van der Waals surface area contributed by atoms with E-state index in [4.69, 9.17) is 5.14 Å². The van der Waals surface area contributed by atoms with Crippen molar-refractivity contribution in [2.75, 3.05) is 19.0 Å². The first-order valence-electron chi connectivity index (χ1n) is 6.08. The lowest BCUT2D eigenvalue weighted by Crippen LogP contribution is -2.18. The molecule has 0 radical (unpaired) electrons. The van der Waals surface area contributed by atoms with Crippen LogP contribution in [0.25, 0.3) is 11.4 Å². The predicted octanol–water partition coefficient (Wildman–Crippen LogP) is 0.678. The van der Waals surface area contributed by atoms with Crippen molar-refractivity contribution in [1.82, 2.24) is 14.8 Å². The largest absolute Gasteiger partial charge is 0.378 e. The Balaban J connectivity index is 2.51. The van der Waals surface area contributed by atoms with Crippen molar-refractivity contribution in [2.45, 2.75) is 18.6 Å². The SMILES string of the molecule is CCn1c(-c2ccc(N(C)C)cc2)nnc1S(N)(=O)=O. The lowest BCUT2D eigenvalue weighted by Gasteiger charge is -2.12. The number of hydrogen-bond donors (Lipinski definition) is 1. The van der Waals surface area contributed by atoms with Gasteiger partial charge in [0.05, 0.1) is 0 Å². The van der Waals surface area contributed by atoms with Crippen molar-refractivity contribution in [1.29, 1.82) is 0 Å². The highest BCUT2D eigenvalue weighted by molar-refractivity contribution is 7.89. The molecule has 8 heteroatoms. The molecule has 0 amide bonds. The standard InChI is InChI=1S/C12H17N5O2S/c1-4-17-11(14-15-12(17)20(13,18)19)9-5-7-10(8-6-9)16(2)3/h5-8H,4H2,1-3H3,(H2,13,18,19). The van der Waals surface area contributed by atoms with E-state index in [1.54, 1.807) is 0 Å². The third kappa shape index (κ3) is 2.66. The van der Waals surface area contributed by atoms with Crippen LogP contribution in [0.1, 0.15) is 6.92 Å². The minimum Gasteiger partial charge on any atom is -0.378 e. The molecule has 1 heterocycles. The Kier molecular flexibility index (Phi) is 3.78. The maximum absolute atomic E-state index is 11.4. The Labute approximate surface area is 118 Å². The quantitative estimate of drug-likeness (QED) is 0.895. The second-order valence-electron chi connectivity index (χ2n) is 4.54. The van der Waals surface area contributed by atoms with Crippen LogP contribution in [0.5, 0.6) is 0 Å². The van der Waals surface area contributed by atoms with Crippen LogP contribution in [0, 0.1) is 0 Å². The highest BCUT2D eigenvalue weighted by Crippen LogP contribution is 2.22. The fourth-order valence-electron chi connectivity index (χ4n) is 1.91. The Morgan fingerprint density at radius 3 is 2.25 bits per heavy atom. The molecule has 0 bridgehead atoms. The van der Waals surface area contributed by atoms with Gasteiger partial charge in [0.1, 0.15) is 0 Å². The molecule has 108 valence electrons. The van der Waals surface area contributed by atoms with Crippen molar-refractivity contribution in [3.05, 3.63) is 24.3 Å². The van der Waals surface area contributed by atoms with E-state index in [1.165, 1.54) is 4.57 Å². The molecule has 20 heavy (non-hydrogen) atoms. The van der Waals surface area contributed by atoms with Gasteiger partial charge < -0.3 is 4.90 Å². The Hall–Kier alpha value is -1.93. The maximum Gasteiger partial charge on any atom is 0.273 e. The van der Waals surface area contributed by atoms with Gasteiger partial charge in [-0.1, -0.05) is 0 Å². The number of sulfonamides is 1. The van der Waals surface area contributed by atoms with E-state index in [9.17, 15) is 8.42 Å². The Morgan fingerprint density at radius 1 is 1.20 bits per heavy atom. The number of aromatic nitrogens is 3. The zero-order valence-corrected chi connectivity index (χ0v) is 12.4. The molecular formula is C12H17N5O2S. The number of rotatable bonds is 4. The summed E-state index contributed by atoms with van der Waals surface area (Å²) in [4.78, 5) is 1.98. The first-order valence-corrected chi connectivity index (χ1v) is 7.63. The summed E-state index contributed by atoms with van der Waals surface area (Å²) < 4.78 is 24.4. The number of nitrogens with zero attached hydrogens (tertiary/aromatic N) is 4. The third-order valence-electron chi connectivity index (χ3n) is 2.93. The van der Waals surface area contributed by atoms with Crippen LogP contribution in [0.2, 0.25) is 0 Å². The van der Waals surface area contributed by atoms with E-state index >= 15 is 0 Å². The van der Waals surface area contributed by atoms with Crippen LogP contribution < -0.4 is 10.0 Å². The van der Waals surface area contributed by atoms with Gasteiger partial charge in [0.25, 0.3) is 15.2 Å². The average Bonchev–Trinajstić information content (AvgIpc) is 2.82. The molecular weight excluding hydrogens is 278 g/mol. The summed E-state index contributed by atoms with van der Waals surface area (Å²) in [7, 11) is 0.0209. The number of nitrogens with two attached hydrogens (primary N) is 1. The summed E-state index contributed by atoms with van der Waals surface area (Å²) in [5, 5.41) is 12.5. The van der Waals surface area contributed by atoms with Gasteiger partial charge in [0.2, 0.25) is 0 Å².